The van der Waals surface area contributed by atoms with Crippen molar-refractivity contribution in [1.82, 2.24) is 15.0 Å². The van der Waals surface area contributed by atoms with Crippen LogP contribution >= 0.6 is 11.3 Å². The second-order valence-corrected chi connectivity index (χ2v) is 7.09. The molecule has 4 rings (SSSR count). The molecule has 3 heterocycles. The molecule has 9 nitrogen and oxygen atoms in total. The van der Waals surface area contributed by atoms with Gasteiger partial charge in [-0.2, -0.15) is 4.98 Å². The molecular formula is C15H19N7O2S. The Labute approximate surface area is 148 Å². The second-order valence-electron chi connectivity index (χ2n) is 6.22. The van der Waals surface area contributed by atoms with Crippen LogP contribution < -0.4 is 15.1 Å². The first-order valence-corrected chi connectivity index (χ1v) is 9.26. The van der Waals surface area contributed by atoms with Crippen LogP contribution in [0.2, 0.25) is 0 Å². The van der Waals surface area contributed by atoms with Gasteiger partial charge in [0.05, 0.1) is 4.92 Å². The van der Waals surface area contributed by atoms with E-state index in [0.29, 0.717) is 17.8 Å². The third kappa shape index (κ3) is 3.63. The first-order valence-electron chi connectivity index (χ1n) is 8.38. The largest absolute Gasteiger partial charge is 0.361 e. The third-order valence-electron chi connectivity index (χ3n) is 4.34. The minimum absolute atomic E-state index is 0.0603. The van der Waals surface area contributed by atoms with Crippen molar-refractivity contribution in [3.63, 3.8) is 0 Å². The third-order valence-corrected chi connectivity index (χ3v) is 5.17. The lowest BCUT2D eigenvalue weighted by Gasteiger charge is -2.21. The highest BCUT2D eigenvalue weighted by atomic mass is 32.1. The van der Waals surface area contributed by atoms with E-state index < -0.39 is 4.92 Å². The van der Waals surface area contributed by atoms with Crippen molar-refractivity contribution in [3.05, 3.63) is 27.9 Å². The first kappa shape index (κ1) is 16.0. The van der Waals surface area contributed by atoms with E-state index in [1.165, 1.54) is 6.20 Å². The van der Waals surface area contributed by atoms with Crippen LogP contribution in [0.25, 0.3) is 0 Å². The minimum atomic E-state index is -0.429. The molecule has 2 aromatic rings. The van der Waals surface area contributed by atoms with Gasteiger partial charge in [0.2, 0.25) is 11.8 Å². The van der Waals surface area contributed by atoms with Gasteiger partial charge in [-0.25, -0.2) is 9.97 Å². The Balaban J connectivity index is 1.51. The van der Waals surface area contributed by atoms with Crippen molar-refractivity contribution >= 4 is 33.9 Å². The van der Waals surface area contributed by atoms with E-state index in [9.17, 15) is 10.1 Å². The van der Waals surface area contributed by atoms with Crippen LogP contribution in [0.3, 0.4) is 0 Å². The summed E-state index contributed by atoms with van der Waals surface area (Å²) in [5, 5.41) is 17.4. The van der Waals surface area contributed by atoms with Crippen molar-refractivity contribution < 1.29 is 4.92 Å². The molecule has 132 valence electrons. The smallest absolute Gasteiger partial charge is 0.329 e. The fraction of sp³-hybridized carbons (Fsp3) is 0.533. The SMILES string of the molecule is O=[N+]([O-])c1cnc(N2CCCN(c3nccs3)CC2)nc1NC1CC1. The Morgan fingerprint density at radius 2 is 2.00 bits per heavy atom. The summed E-state index contributed by atoms with van der Waals surface area (Å²) in [5.74, 6) is 0.883. The van der Waals surface area contributed by atoms with Crippen molar-refractivity contribution in [2.24, 2.45) is 0 Å². The zero-order valence-electron chi connectivity index (χ0n) is 13.7. The summed E-state index contributed by atoms with van der Waals surface area (Å²) in [5.41, 5.74) is -0.0603. The summed E-state index contributed by atoms with van der Waals surface area (Å²) in [7, 11) is 0. The molecular weight excluding hydrogens is 342 g/mol. The standard InChI is InChI=1S/C15H19N7O2S/c23-22(24)12-10-17-14(19-13(12)18-11-2-3-11)20-5-1-6-21(8-7-20)15-16-4-9-25-15/h4,9-11H,1-3,5-8H2,(H,17,18,19). The minimum Gasteiger partial charge on any atom is -0.361 e. The summed E-state index contributed by atoms with van der Waals surface area (Å²) in [6.07, 6.45) is 6.16. The topological polar surface area (TPSA) is 100 Å². The number of thiazole rings is 1. The van der Waals surface area contributed by atoms with Crippen LogP contribution in [0.4, 0.5) is 22.6 Å². The molecule has 0 spiro atoms. The number of hydrogen-bond donors (Lipinski definition) is 1. The summed E-state index contributed by atoms with van der Waals surface area (Å²) < 4.78 is 0. The van der Waals surface area contributed by atoms with E-state index >= 15 is 0 Å². The summed E-state index contributed by atoms with van der Waals surface area (Å²) in [6.45, 7) is 3.35. The average molecular weight is 361 g/mol. The van der Waals surface area contributed by atoms with Crippen LogP contribution in [0.1, 0.15) is 19.3 Å². The van der Waals surface area contributed by atoms with Crippen LogP contribution in [-0.4, -0.2) is 52.1 Å². The molecule has 2 aromatic heterocycles. The maximum atomic E-state index is 11.2. The average Bonchev–Trinajstić information content (AvgIpc) is 3.32. The Morgan fingerprint density at radius 1 is 1.20 bits per heavy atom. The monoisotopic (exact) mass is 361 g/mol. The molecule has 0 unspecified atom stereocenters. The lowest BCUT2D eigenvalue weighted by Crippen LogP contribution is -2.31. The molecule has 1 aliphatic carbocycles. The van der Waals surface area contributed by atoms with Crippen LogP contribution in [0.15, 0.2) is 17.8 Å². The van der Waals surface area contributed by atoms with Gasteiger partial charge in [-0.05, 0) is 19.3 Å². The van der Waals surface area contributed by atoms with Crippen molar-refractivity contribution in [2.45, 2.75) is 25.3 Å². The zero-order chi connectivity index (χ0) is 17.2. The lowest BCUT2D eigenvalue weighted by atomic mass is 10.4. The number of nitro groups is 1. The van der Waals surface area contributed by atoms with E-state index in [2.05, 4.69) is 30.1 Å². The second kappa shape index (κ2) is 6.79. The quantitative estimate of drug-likeness (QED) is 0.638. The van der Waals surface area contributed by atoms with E-state index in [4.69, 9.17) is 0 Å². The highest BCUT2D eigenvalue weighted by molar-refractivity contribution is 7.13. The molecule has 0 radical (unpaired) electrons. The Morgan fingerprint density at radius 3 is 2.72 bits per heavy atom. The first-order chi connectivity index (χ1) is 12.2. The van der Waals surface area contributed by atoms with E-state index in [1.807, 2.05) is 11.6 Å². The number of rotatable bonds is 5. The number of hydrogen-bond acceptors (Lipinski definition) is 9. The predicted octanol–water partition coefficient (Wildman–Crippen LogP) is 2.13. The van der Waals surface area contributed by atoms with Gasteiger partial charge in [-0.1, -0.05) is 0 Å². The van der Waals surface area contributed by atoms with Crippen LogP contribution in [0, 0.1) is 10.1 Å². The molecule has 0 amide bonds. The van der Waals surface area contributed by atoms with Crippen molar-refractivity contribution in [3.8, 4) is 0 Å². The fourth-order valence-corrected chi connectivity index (χ4v) is 3.56. The van der Waals surface area contributed by atoms with Crippen LogP contribution in [-0.2, 0) is 0 Å². The maximum Gasteiger partial charge on any atom is 0.329 e. The number of anilines is 3. The molecule has 1 saturated heterocycles. The van der Waals surface area contributed by atoms with Gasteiger partial charge >= 0.3 is 5.69 Å². The molecule has 1 N–H and O–H groups in total. The van der Waals surface area contributed by atoms with Gasteiger partial charge in [0.1, 0.15) is 6.20 Å². The van der Waals surface area contributed by atoms with Crippen molar-refractivity contribution in [2.75, 3.05) is 41.3 Å². The van der Waals surface area contributed by atoms with E-state index in [1.54, 1.807) is 11.3 Å². The Kier molecular flexibility index (Phi) is 4.35. The van der Waals surface area contributed by atoms with Gasteiger partial charge in [0, 0.05) is 43.8 Å². The number of aromatic nitrogens is 3. The normalized spacial score (nSPS) is 18.1. The van der Waals surface area contributed by atoms with Crippen molar-refractivity contribution in [1.29, 1.82) is 0 Å². The molecule has 1 saturated carbocycles. The fourth-order valence-electron chi connectivity index (χ4n) is 2.86. The molecule has 0 aromatic carbocycles. The maximum absolute atomic E-state index is 11.2. The predicted molar refractivity (Wildman–Crippen MR) is 96.5 cm³/mol. The zero-order valence-corrected chi connectivity index (χ0v) is 14.5. The van der Waals surface area contributed by atoms with Gasteiger partial charge in [0.25, 0.3) is 0 Å². The Bertz CT molecular complexity index is 750. The molecule has 0 bridgehead atoms. The molecule has 0 atom stereocenters. The Hall–Kier alpha value is -2.49. The summed E-state index contributed by atoms with van der Waals surface area (Å²) >= 11 is 1.64. The summed E-state index contributed by atoms with van der Waals surface area (Å²) in [6, 6.07) is 0.297. The van der Waals surface area contributed by atoms with Gasteiger partial charge in [-0.15, -0.1) is 11.3 Å². The van der Waals surface area contributed by atoms with Gasteiger partial charge in [0.15, 0.2) is 5.13 Å². The molecule has 2 fully saturated rings. The highest BCUT2D eigenvalue weighted by Gasteiger charge is 2.27. The summed E-state index contributed by atoms with van der Waals surface area (Å²) in [4.78, 5) is 28.2. The van der Waals surface area contributed by atoms with Crippen LogP contribution in [0.5, 0.6) is 0 Å². The van der Waals surface area contributed by atoms with E-state index in [-0.39, 0.29) is 5.69 Å². The molecule has 2 aliphatic rings. The van der Waals surface area contributed by atoms with Gasteiger partial charge in [-0.3, -0.25) is 10.1 Å². The van der Waals surface area contributed by atoms with E-state index in [0.717, 1.165) is 50.6 Å². The molecule has 25 heavy (non-hydrogen) atoms. The number of nitrogens with one attached hydrogen (secondary N) is 1. The molecule has 10 heteroatoms. The number of nitrogens with zero attached hydrogens (tertiary/aromatic N) is 6. The molecule has 1 aliphatic heterocycles. The lowest BCUT2D eigenvalue weighted by molar-refractivity contribution is -0.384. The highest BCUT2D eigenvalue weighted by Crippen LogP contribution is 2.30. The van der Waals surface area contributed by atoms with Gasteiger partial charge < -0.3 is 15.1 Å².